The highest BCUT2D eigenvalue weighted by Gasteiger charge is 2.62. The summed E-state index contributed by atoms with van der Waals surface area (Å²) < 4.78 is 0. The third-order valence-electron chi connectivity index (χ3n) is 11.3. The van der Waals surface area contributed by atoms with Crippen LogP contribution >= 0.6 is 0 Å². The topological polar surface area (TPSA) is 37.3 Å². The second kappa shape index (κ2) is 8.62. The van der Waals surface area contributed by atoms with Gasteiger partial charge in [0.1, 0.15) is 6.29 Å². The first kappa shape index (κ1) is 23.5. The predicted molar refractivity (Wildman–Crippen MR) is 129 cm³/mol. The molecule has 2 heteroatoms. The molecule has 176 valence electrons. The van der Waals surface area contributed by atoms with Crippen molar-refractivity contribution in [3.05, 3.63) is 11.1 Å². The van der Waals surface area contributed by atoms with Crippen LogP contribution in [0, 0.1) is 52.3 Å². The van der Waals surface area contributed by atoms with Crippen molar-refractivity contribution in [3.63, 3.8) is 0 Å². The number of aliphatic hydroxyl groups is 1. The first-order chi connectivity index (χ1) is 14.7. The van der Waals surface area contributed by atoms with Gasteiger partial charge < -0.3 is 5.11 Å². The zero-order valence-electron chi connectivity index (χ0n) is 21.1. The van der Waals surface area contributed by atoms with Crippen molar-refractivity contribution in [3.8, 4) is 0 Å². The zero-order chi connectivity index (χ0) is 22.6. The normalized spacial score (nSPS) is 44.1. The number of allylic oxidation sites excluding steroid dienone is 1. The molecule has 0 aromatic carbocycles. The van der Waals surface area contributed by atoms with E-state index in [0.717, 1.165) is 48.5 Å². The fraction of sp³-hybridized carbons (Fsp3) is 0.897. The highest BCUT2D eigenvalue weighted by Crippen LogP contribution is 2.70. The molecule has 0 aromatic heterocycles. The Labute approximate surface area is 191 Å². The molecule has 4 aliphatic rings. The predicted octanol–water partition coefficient (Wildman–Crippen LogP) is 7.20. The molecule has 4 rings (SSSR count). The van der Waals surface area contributed by atoms with E-state index in [2.05, 4.69) is 41.5 Å². The number of rotatable bonds is 7. The van der Waals surface area contributed by atoms with Crippen LogP contribution < -0.4 is 0 Å². The van der Waals surface area contributed by atoms with E-state index in [-0.39, 0.29) is 11.5 Å². The molecule has 2 nitrogen and oxygen atoms in total. The van der Waals surface area contributed by atoms with Gasteiger partial charge >= 0.3 is 0 Å². The van der Waals surface area contributed by atoms with E-state index >= 15 is 0 Å². The molecule has 31 heavy (non-hydrogen) atoms. The van der Waals surface area contributed by atoms with Crippen LogP contribution in [0.4, 0.5) is 0 Å². The summed E-state index contributed by atoms with van der Waals surface area (Å²) >= 11 is 0. The van der Waals surface area contributed by atoms with Gasteiger partial charge in [0, 0.05) is 0 Å². The van der Waals surface area contributed by atoms with E-state index in [1.165, 1.54) is 56.8 Å². The van der Waals surface area contributed by atoms with Crippen LogP contribution in [-0.4, -0.2) is 17.5 Å². The maximum Gasteiger partial charge on any atom is 0.146 e. The van der Waals surface area contributed by atoms with Crippen molar-refractivity contribution in [2.45, 2.75) is 112 Å². The fourth-order valence-electron chi connectivity index (χ4n) is 9.35. The van der Waals surface area contributed by atoms with Gasteiger partial charge in [0.15, 0.2) is 0 Å². The number of carbonyl (C=O) groups excluding carboxylic acids is 1. The molecule has 0 heterocycles. The summed E-state index contributed by atoms with van der Waals surface area (Å²) in [7, 11) is 0. The van der Waals surface area contributed by atoms with Gasteiger partial charge in [-0.25, -0.2) is 0 Å². The molecule has 0 aromatic rings. The largest absolute Gasteiger partial charge is 0.393 e. The van der Waals surface area contributed by atoms with Gasteiger partial charge in [-0.1, -0.05) is 60.0 Å². The number of hydrogen-bond donors (Lipinski definition) is 1. The summed E-state index contributed by atoms with van der Waals surface area (Å²) in [6.45, 7) is 14.7. The van der Waals surface area contributed by atoms with E-state index in [9.17, 15) is 9.90 Å². The molecule has 3 fully saturated rings. The molecule has 0 radical (unpaired) electrons. The Morgan fingerprint density at radius 3 is 2.42 bits per heavy atom. The maximum atomic E-state index is 12.4. The second-order valence-corrected chi connectivity index (χ2v) is 12.8. The molecule has 0 spiro atoms. The van der Waals surface area contributed by atoms with Crippen LogP contribution in [0.2, 0.25) is 0 Å². The molecule has 4 aliphatic carbocycles. The van der Waals surface area contributed by atoms with Gasteiger partial charge in [-0.3, -0.25) is 4.79 Å². The van der Waals surface area contributed by atoms with E-state index in [1.807, 2.05) is 0 Å². The SMILES string of the molecule is CC[C@@H](CC[C@@H](C)[C@H]1CC[C@H]2[C@@H]3C(C=O)=C4C[C@@H](O)CC[C@]4(C)[C@H]3CC[C@]12C)C(C)C. The van der Waals surface area contributed by atoms with Gasteiger partial charge in [-0.2, -0.15) is 0 Å². The Morgan fingerprint density at radius 2 is 1.77 bits per heavy atom. The van der Waals surface area contributed by atoms with Gasteiger partial charge in [-0.05, 0) is 109 Å². The summed E-state index contributed by atoms with van der Waals surface area (Å²) in [5.74, 6) is 5.00. The van der Waals surface area contributed by atoms with Crippen molar-refractivity contribution in [2.75, 3.05) is 0 Å². The Bertz CT molecular complexity index is 708. The second-order valence-electron chi connectivity index (χ2n) is 12.8. The summed E-state index contributed by atoms with van der Waals surface area (Å²) in [5.41, 5.74) is 3.02. The van der Waals surface area contributed by atoms with E-state index in [0.29, 0.717) is 23.2 Å². The third kappa shape index (κ3) is 3.68. The maximum absolute atomic E-state index is 12.4. The average molecular weight is 429 g/mol. The third-order valence-corrected chi connectivity index (χ3v) is 11.3. The molecule has 1 N–H and O–H groups in total. The molecular formula is C29H48O2. The summed E-state index contributed by atoms with van der Waals surface area (Å²) in [4.78, 5) is 12.4. The highest BCUT2D eigenvalue weighted by atomic mass is 16.3. The minimum Gasteiger partial charge on any atom is -0.393 e. The molecule has 0 aliphatic heterocycles. The van der Waals surface area contributed by atoms with Crippen molar-refractivity contribution >= 4 is 6.29 Å². The van der Waals surface area contributed by atoms with Crippen molar-refractivity contribution < 1.29 is 9.90 Å². The van der Waals surface area contributed by atoms with Crippen LogP contribution in [0.5, 0.6) is 0 Å². The van der Waals surface area contributed by atoms with Crippen LogP contribution in [0.25, 0.3) is 0 Å². The Balaban J connectivity index is 1.56. The monoisotopic (exact) mass is 428 g/mol. The lowest BCUT2D eigenvalue weighted by Crippen LogP contribution is -2.45. The standard InChI is InChI=1S/C29H48O2/c1-7-20(18(2)3)9-8-19(4)23-10-11-24-27-22(17-30)26-16-21(31)12-14-29(26,6)25(27)13-15-28(23,24)5/h17-21,23-25,27,31H,7-16H2,1-6H3/t19-,20+,21+,23-,24+,25+,27+,28-,29-/m1/s1. The number of aliphatic hydroxyl groups excluding tert-OH is 1. The highest BCUT2D eigenvalue weighted by molar-refractivity contribution is 5.78. The Hall–Kier alpha value is -0.630. The summed E-state index contributed by atoms with van der Waals surface area (Å²) in [5, 5.41) is 10.4. The molecule has 9 atom stereocenters. The van der Waals surface area contributed by atoms with E-state index < -0.39 is 0 Å². The molecule has 0 bridgehead atoms. The number of fused-ring (bicyclic) bond motifs is 5. The molecule has 0 amide bonds. The molecular weight excluding hydrogens is 380 g/mol. The minimum absolute atomic E-state index is 0.163. The smallest absolute Gasteiger partial charge is 0.146 e. The van der Waals surface area contributed by atoms with Crippen LogP contribution in [0.1, 0.15) is 106 Å². The summed E-state index contributed by atoms with van der Waals surface area (Å²) in [6.07, 6.45) is 13.0. The lowest BCUT2D eigenvalue weighted by Gasteiger charge is -2.52. The van der Waals surface area contributed by atoms with Crippen molar-refractivity contribution in [1.82, 2.24) is 0 Å². The minimum atomic E-state index is -0.242. The summed E-state index contributed by atoms with van der Waals surface area (Å²) in [6, 6.07) is 0. The van der Waals surface area contributed by atoms with E-state index in [1.54, 1.807) is 0 Å². The van der Waals surface area contributed by atoms with Gasteiger partial charge in [0.2, 0.25) is 0 Å². The zero-order valence-corrected chi connectivity index (χ0v) is 21.1. The first-order valence-corrected chi connectivity index (χ1v) is 13.5. The number of hydrogen-bond acceptors (Lipinski definition) is 2. The molecule has 0 saturated heterocycles. The molecule has 3 saturated carbocycles. The van der Waals surface area contributed by atoms with Crippen molar-refractivity contribution in [1.29, 1.82) is 0 Å². The first-order valence-electron chi connectivity index (χ1n) is 13.5. The lowest BCUT2D eigenvalue weighted by molar-refractivity contribution is -0.106. The quantitative estimate of drug-likeness (QED) is 0.435. The average Bonchev–Trinajstić information content (AvgIpc) is 3.19. The Morgan fingerprint density at radius 1 is 1.03 bits per heavy atom. The number of aldehydes is 1. The van der Waals surface area contributed by atoms with Crippen LogP contribution in [0.3, 0.4) is 0 Å². The Kier molecular flexibility index (Phi) is 6.54. The number of carbonyl (C=O) groups is 1. The molecule has 0 unspecified atom stereocenters. The lowest BCUT2D eigenvalue weighted by atomic mass is 9.52. The van der Waals surface area contributed by atoms with Gasteiger partial charge in [0.25, 0.3) is 0 Å². The van der Waals surface area contributed by atoms with Crippen LogP contribution in [0.15, 0.2) is 11.1 Å². The van der Waals surface area contributed by atoms with Gasteiger partial charge in [0.05, 0.1) is 6.10 Å². The van der Waals surface area contributed by atoms with Gasteiger partial charge in [-0.15, -0.1) is 0 Å². The fourth-order valence-corrected chi connectivity index (χ4v) is 9.35. The van der Waals surface area contributed by atoms with E-state index in [4.69, 9.17) is 0 Å². The van der Waals surface area contributed by atoms with Crippen molar-refractivity contribution in [2.24, 2.45) is 52.3 Å². The van der Waals surface area contributed by atoms with Crippen LogP contribution in [-0.2, 0) is 4.79 Å².